The molecule has 1 saturated heterocycles. The van der Waals surface area contributed by atoms with Crippen LogP contribution in [0.2, 0.25) is 0 Å². The summed E-state index contributed by atoms with van der Waals surface area (Å²) in [6.45, 7) is 1.32. The molecule has 0 radical (unpaired) electrons. The number of nitrogens with one attached hydrogen (secondary N) is 2. The van der Waals surface area contributed by atoms with Crippen molar-refractivity contribution >= 4 is 26.5 Å². The lowest BCUT2D eigenvalue weighted by atomic mass is 10.1. The van der Waals surface area contributed by atoms with E-state index in [1.807, 2.05) is 0 Å². The Bertz CT molecular complexity index is 289. The molecule has 1 unspecified atom stereocenters. The maximum atomic E-state index is 11.1. The molecule has 6 heteroatoms. The molecule has 4 nitrogen and oxygen atoms in total. The Morgan fingerprint density at radius 3 is 2.77 bits per heavy atom. The van der Waals surface area contributed by atoms with Crippen LogP contribution in [0.25, 0.3) is 0 Å². The van der Waals surface area contributed by atoms with Gasteiger partial charge in [0.15, 0.2) is 9.84 Å². The summed E-state index contributed by atoms with van der Waals surface area (Å²) >= 11 is 5.45. The average Bonchev–Trinajstić information content (AvgIpc) is 2.27. The molecule has 1 atom stereocenters. The van der Waals surface area contributed by atoms with E-state index in [4.69, 9.17) is 17.0 Å². The third-order valence-corrected chi connectivity index (χ3v) is 4.03. The third-order valence-electron chi connectivity index (χ3n) is 2.01. The van der Waals surface area contributed by atoms with Crippen LogP contribution in [-0.2, 0) is 9.84 Å². The van der Waals surface area contributed by atoms with Crippen molar-refractivity contribution in [2.45, 2.75) is 6.42 Å². The van der Waals surface area contributed by atoms with Gasteiger partial charge in [-0.15, -0.1) is 11.6 Å². The molecule has 0 aromatic heterocycles. The minimum absolute atomic E-state index is 0.0562. The van der Waals surface area contributed by atoms with Crippen molar-refractivity contribution in [2.75, 3.05) is 24.7 Å². The SMILES string of the molecule is N=C1CC(CNCCCl)CS1(=O)=O. The van der Waals surface area contributed by atoms with E-state index < -0.39 is 9.84 Å². The van der Waals surface area contributed by atoms with Gasteiger partial charge in [-0.2, -0.15) is 0 Å². The first-order valence-corrected chi connectivity index (χ1v) is 6.32. The van der Waals surface area contributed by atoms with Gasteiger partial charge in [-0.1, -0.05) is 0 Å². The number of rotatable bonds is 4. The lowest BCUT2D eigenvalue weighted by Gasteiger charge is -2.06. The summed E-state index contributed by atoms with van der Waals surface area (Å²) in [6.07, 6.45) is 0.373. The molecule has 1 heterocycles. The first kappa shape index (κ1) is 10.9. The summed E-state index contributed by atoms with van der Waals surface area (Å²) in [5.74, 6) is 0.693. The fourth-order valence-corrected chi connectivity index (χ4v) is 3.04. The van der Waals surface area contributed by atoms with Crippen molar-refractivity contribution in [1.82, 2.24) is 5.32 Å². The van der Waals surface area contributed by atoms with Gasteiger partial charge in [0.05, 0.1) is 5.75 Å². The molecule has 0 aliphatic carbocycles. The maximum Gasteiger partial charge on any atom is 0.191 e. The van der Waals surface area contributed by atoms with Crippen molar-refractivity contribution in [3.63, 3.8) is 0 Å². The zero-order chi connectivity index (χ0) is 9.90. The number of sulfone groups is 1. The standard InChI is InChI=1S/C7H13ClN2O2S/c8-1-2-10-4-6-3-7(9)13(11,12)5-6/h6,9-10H,1-5H2. The quantitative estimate of drug-likeness (QED) is 0.531. The molecule has 0 aromatic carbocycles. The van der Waals surface area contributed by atoms with Crippen LogP contribution in [0.3, 0.4) is 0 Å². The molecule has 1 fully saturated rings. The van der Waals surface area contributed by atoms with Crippen molar-refractivity contribution in [2.24, 2.45) is 5.92 Å². The molecule has 0 saturated carbocycles. The topological polar surface area (TPSA) is 70.0 Å². The number of hydrogen-bond donors (Lipinski definition) is 2. The molecule has 0 amide bonds. The third kappa shape index (κ3) is 2.93. The molecule has 76 valence electrons. The van der Waals surface area contributed by atoms with Gasteiger partial charge in [0.2, 0.25) is 0 Å². The largest absolute Gasteiger partial charge is 0.315 e. The smallest absolute Gasteiger partial charge is 0.191 e. The molecule has 0 spiro atoms. The highest BCUT2D eigenvalue weighted by molar-refractivity contribution is 8.06. The number of halogens is 1. The van der Waals surface area contributed by atoms with Gasteiger partial charge in [-0.05, 0) is 12.5 Å². The van der Waals surface area contributed by atoms with Gasteiger partial charge >= 0.3 is 0 Å². The second-order valence-electron chi connectivity index (χ2n) is 3.17. The Kier molecular flexibility index (Phi) is 3.70. The predicted molar refractivity (Wildman–Crippen MR) is 53.2 cm³/mol. The maximum absolute atomic E-state index is 11.1. The molecular formula is C7H13ClN2O2S. The molecule has 1 aliphatic rings. The molecule has 0 aromatic rings. The Hall–Kier alpha value is -0.130. The highest BCUT2D eigenvalue weighted by atomic mass is 35.5. The highest BCUT2D eigenvalue weighted by Crippen LogP contribution is 2.19. The second-order valence-corrected chi connectivity index (χ2v) is 5.60. The van der Waals surface area contributed by atoms with Gasteiger partial charge in [0.1, 0.15) is 5.04 Å². The molecular weight excluding hydrogens is 212 g/mol. The van der Waals surface area contributed by atoms with Crippen LogP contribution < -0.4 is 5.32 Å². The fourth-order valence-electron chi connectivity index (χ4n) is 1.36. The summed E-state index contributed by atoms with van der Waals surface area (Å²) in [5, 5.41) is 10.1. The van der Waals surface area contributed by atoms with E-state index in [0.717, 1.165) is 0 Å². The van der Waals surface area contributed by atoms with Crippen molar-refractivity contribution < 1.29 is 8.42 Å². The second kappa shape index (κ2) is 4.39. The van der Waals surface area contributed by atoms with Crippen molar-refractivity contribution in [3.05, 3.63) is 0 Å². The lowest BCUT2D eigenvalue weighted by Crippen LogP contribution is -2.25. The first-order chi connectivity index (χ1) is 6.06. The molecule has 0 bridgehead atoms. The number of hydrogen-bond acceptors (Lipinski definition) is 4. The van der Waals surface area contributed by atoms with E-state index in [2.05, 4.69) is 5.32 Å². The van der Waals surface area contributed by atoms with Crippen LogP contribution in [0.15, 0.2) is 0 Å². The van der Waals surface area contributed by atoms with E-state index in [0.29, 0.717) is 25.4 Å². The molecule has 13 heavy (non-hydrogen) atoms. The fraction of sp³-hybridized carbons (Fsp3) is 0.857. The van der Waals surface area contributed by atoms with E-state index >= 15 is 0 Å². The van der Waals surface area contributed by atoms with Crippen LogP contribution in [-0.4, -0.2) is 38.2 Å². The molecule has 1 aliphatic heterocycles. The zero-order valence-electron chi connectivity index (χ0n) is 7.22. The summed E-state index contributed by atoms with van der Waals surface area (Å²) in [6, 6.07) is 0. The van der Waals surface area contributed by atoms with E-state index in [1.165, 1.54) is 0 Å². The summed E-state index contributed by atoms with van der Waals surface area (Å²) in [4.78, 5) is 0. The van der Waals surface area contributed by atoms with Crippen LogP contribution >= 0.6 is 11.6 Å². The minimum Gasteiger partial charge on any atom is -0.315 e. The normalized spacial score (nSPS) is 26.5. The highest BCUT2D eigenvalue weighted by Gasteiger charge is 2.32. The van der Waals surface area contributed by atoms with Crippen LogP contribution in [0.4, 0.5) is 0 Å². The van der Waals surface area contributed by atoms with Crippen molar-refractivity contribution in [1.29, 1.82) is 5.41 Å². The summed E-state index contributed by atoms with van der Waals surface area (Å²) in [7, 11) is -3.20. The summed E-state index contributed by atoms with van der Waals surface area (Å²) in [5.41, 5.74) is 0. The van der Waals surface area contributed by atoms with Gasteiger partial charge in [-0.3, -0.25) is 5.41 Å². The monoisotopic (exact) mass is 224 g/mol. The Balaban J connectivity index is 2.37. The number of alkyl halides is 1. The Morgan fingerprint density at radius 2 is 2.31 bits per heavy atom. The van der Waals surface area contributed by atoms with E-state index in [9.17, 15) is 8.42 Å². The lowest BCUT2D eigenvalue weighted by molar-refractivity contribution is 0.545. The Labute approximate surface area is 83.1 Å². The van der Waals surface area contributed by atoms with Gasteiger partial charge in [-0.25, -0.2) is 8.42 Å². The molecule has 1 rings (SSSR count). The van der Waals surface area contributed by atoms with Crippen LogP contribution in [0.1, 0.15) is 6.42 Å². The minimum atomic E-state index is -3.20. The Morgan fingerprint density at radius 1 is 1.62 bits per heavy atom. The van der Waals surface area contributed by atoms with Crippen LogP contribution in [0.5, 0.6) is 0 Å². The van der Waals surface area contributed by atoms with E-state index in [-0.39, 0.29) is 16.7 Å². The summed E-state index contributed by atoms with van der Waals surface area (Å²) < 4.78 is 22.3. The zero-order valence-corrected chi connectivity index (χ0v) is 8.79. The van der Waals surface area contributed by atoms with Crippen molar-refractivity contribution in [3.8, 4) is 0 Å². The van der Waals surface area contributed by atoms with E-state index in [1.54, 1.807) is 0 Å². The molecule has 2 N–H and O–H groups in total. The average molecular weight is 225 g/mol. The van der Waals surface area contributed by atoms with Gasteiger partial charge in [0, 0.05) is 18.8 Å². The van der Waals surface area contributed by atoms with Crippen LogP contribution in [0, 0.1) is 11.3 Å². The first-order valence-electron chi connectivity index (χ1n) is 4.13. The van der Waals surface area contributed by atoms with Gasteiger partial charge < -0.3 is 5.32 Å². The van der Waals surface area contributed by atoms with Gasteiger partial charge in [0.25, 0.3) is 0 Å². The predicted octanol–water partition coefficient (Wildman–Crippen LogP) is 0.227.